The molecule has 0 rings (SSSR count). The highest BCUT2D eigenvalue weighted by molar-refractivity contribution is 4.86. The zero-order chi connectivity index (χ0) is 16.1. The molecule has 122 valence electrons. The van der Waals surface area contributed by atoms with Crippen LogP contribution in [-0.2, 0) is 18.9 Å². The van der Waals surface area contributed by atoms with Gasteiger partial charge in [-0.25, -0.2) is 0 Å². The third kappa shape index (κ3) is 3.88. The van der Waals surface area contributed by atoms with Gasteiger partial charge >= 0.3 is 0 Å². The summed E-state index contributed by atoms with van der Waals surface area (Å²) in [5.41, 5.74) is 0. The maximum atomic E-state index is 10.4. The second kappa shape index (κ2) is 7.65. The van der Waals surface area contributed by atoms with Crippen molar-refractivity contribution < 1.29 is 34.3 Å². The van der Waals surface area contributed by atoms with Crippen molar-refractivity contribution in [3.05, 3.63) is 0 Å². The number of methoxy groups -OCH3 is 3. The smallest absolute Gasteiger partial charge is 0.218 e. The summed E-state index contributed by atoms with van der Waals surface area (Å²) in [7, 11) is 4.03. The summed E-state index contributed by atoms with van der Waals surface area (Å²) in [4.78, 5) is 0. The highest BCUT2D eigenvalue weighted by Crippen LogP contribution is 2.27. The standard InChI is InChI=1S/C13H28O7/c1-8(14)12(15,18-6)10(3)20-11(4)13(16,19-7)9(2)17-5/h8-11,14-16H,1-7H3. The first-order chi connectivity index (χ1) is 9.09. The molecule has 0 aliphatic rings. The molecule has 0 spiro atoms. The molecule has 0 aliphatic carbocycles. The zero-order valence-electron chi connectivity index (χ0n) is 13.3. The summed E-state index contributed by atoms with van der Waals surface area (Å²) in [6.07, 6.45) is -3.58. The molecule has 0 saturated heterocycles. The molecule has 0 aromatic carbocycles. The predicted molar refractivity (Wildman–Crippen MR) is 72.1 cm³/mol. The number of hydrogen-bond acceptors (Lipinski definition) is 7. The number of rotatable bonds is 9. The number of aliphatic hydroxyl groups excluding tert-OH is 1. The Morgan fingerprint density at radius 3 is 1.45 bits per heavy atom. The SMILES string of the molecule is COC(C)C(O)(OC)C(C)OC(C)C(O)(OC)C(C)O. The third-order valence-corrected chi connectivity index (χ3v) is 3.76. The van der Waals surface area contributed by atoms with E-state index >= 15 is 0 Å². The fraction of sp³-hybridized carbons (Fsp3) is 1.00. The van der Waals surface area contributed by atoms with E-state index in [9.17, 15) is 15.3 Å². The quantitative estimate of drug-likeness (QED) is 0.510. The molecule has 0 amide bonds. The Labute approximate surface area is 120 Å². The number of aliphatic hydroxyl groups is 3. The van der Waals surface area contributed by atoms with Crippen LogP contribution >= 0.6 is 0 Å². The Hall–Kier alpha value is -0.280. The van der Waals surface area contributed by atoms with Crippen molar-refractivity contribution in [1.29, 1.82) is 0 Å². The molecule has 7 heteroatoms. The molecule has 0 aliphatic heterocycles. The van der Waals surface area contributed by atoms with E-state index in [-0.39, 0.29) is 0 Å². The molecule has 0 bridgehead atoms. The predicted octanol–water partition coefficient (Wildman–Crippen LogP) is -0.134. The summed E-state index contributed by atoms with van der Waals surface area (Å²) >= 11 is 0. The van der Waals surface area contributed by atoms with Gasteiger partial charge in [-0.05, 0) is 27.7 Å². The van der Waals surface area contributed by atoms with Crippen LogP contribution in [0.3, 0.4) is 0 Å². The van der Waals surface area contributed by atoms with E-state index < -0.39 is 36.0 Å². The Morgan fingerprint density at radius 1 is 0.750 bits per heavy atom. The average molecular weight is 296 g/mol. The van der Waals surface area contributed by atoms with Crippen LogP contribution in [0.1, 0.15) is 27.7 Å². The van der Waals surface area contributed by atoms with E-state index in [1.807, 2.05) is 0 Å². The fourth-order valence-corrected chi connectivity index (χ4v) is 2.01. The second-order valence-electron chi connectivity index (χ2n) is 4.89. The molecule has 7 nitrogen and oxygen atoms in total. The first-order valence-corrected chi connectivity index (χ1v) is 6.51. The van der Waals surface area contributed by atoms with Crippen LogP contribution in [0.25, 0.3) is 0 Å². The summed E-state index contributed by atoms with van der Waals surface area (Å²) in [6, 6.07) is 0. The van der Waals surface area contributed by atoms with E-state index in [4.69, 9.17) is 18.9 Å². The van der Waals surface area contributed by atoms with E-state index in [2.05, 4.69) is 0 Å². The van der Waals surface area contributed by atoms with Gasteiger partial charge in [-0.3, -0.25) is 0 Å². The van der Waals surface area contributed by atoms with Crippen LogP contribution in [0.5, 0.6) is 0 Å². The van der Waals surface area contributed by atoms with Crippen LogP contribution in [0, 0.1) is 0 Å². The summed E-state index contributed by atoms with van der Waals surface area (Å²) in [6.45, 7) is 6.12. The molecule has 3 N–H and O–H groups in total. The van der Waals surface area contributed by atoms with Gasteiger partial charge in [0.1, 0.15) is 24.4 Å². The lowest BCUT2D eigenvalue weighted by atomic mass is 10.0. The zero-order valence-corrected chi connectivity index (χ0v) is 13.3. The molecule has 0 saturated carbocycles. The Bertz CT molecular complexity index is 286. The van der Waals surface area contributed by atoms with Crippen molar-refractivity contribution in [2.75, 3.05) is 21.3 Å². The van der Waals surface area contributed by atoms with E-state index in [1.54, 1.807) is 13.8 Å². The fourth-order valence-electron chi connectivity index (χ4n) is 2.01. The Morgan fingerprint density at radius 2 is 1.15 bits per heavy atom. The topological polar surface area (TPSA) is 97.6 Å². The molecule has 0 heterocycles. The van der Waals surface area contributed by atoms with Crippen LogP contribution in [0.15, 0.2) is 0 Å². The first kappa shape index (κ1) is 19.7. The highest BCUT2D eigenvalue weighted by Gasteiger charge is 2.46. The number of ether oxygens (including phenoxy) is 4. The van der Waals surface area contributed by atoms with Gasteiger partial charge in [-0.15, -0.1) is 0 Å². The van der Waals surface area contributed by atoms with Crippen molar-refractivity contribution in [3.8, 4) is 0 Å². The summed E-state index contributed by atoms with van der Waals surface area (Å²) in [5, 5.41) is 30.2. The average Bonchev–Trinajstić information content (AvgIpc) is 2.43. The second-order valence-corrected chi connectivity index (χ2v) is 4.89. The van der Waals surface area contributed by atoms with Crippen molar-refractivity contribution in [1.82, 2.24) is 0 Å². The van der Waals surface area contributed by atoms with E-state index in [0.717, 1.165) is 0 Å². The van der Waals surface area contributed by atoms with Crippen molar-refractivity contribution in [2.45, 2.75) is 63.7 Å². The molecule has 6 atom stereocenters. The lowest BCUT2D eigenvalue weighted by Gasteiger charge is -2.41. The molecule has 6 unspecified atom stereocenters. The van der Waals surface area contributed by atoms with E-state index in [1.165, 1.54) is 35.2 Å². The highest BCUT2D eigenvalue weighted by atomic mass is 16.7. The van der Waals surface area contributed by atoms with Crippen LogP contribution in [0.2, 0.25) is 0 Å². The summed E-state index contributed by atoms with van der Waals surface area (Å²) in [5.74, 6) is -3.59. The van der Waals surface area contributed by atoms with Gasteiger partial charge in [-0.1, -0.05) is 0 Å². The molecule has 0 radical (unpaired) electrons. The maximum Gasteiger partial charge on any atom is 0.218 e. The van der Waals surface area contributed by atoms with Crippen molar-refractivity contribution in [2.24, 2.45) is 0 Å². The van der Waals surface area contributed by atoms with Crippen LogP contribution < -0.4 is 0 Å². The Balaban J connectivity index is 5.02. The monoisotopic (exact) mass is 296 g/mol. The van der Waals surface area contributed by atoms with Gasteiger partial charge < -0.3 is 34.3 Å². The van der Waals surface area contributed by atoms with Gasteiger partial charge in [0, 0.05) is 21.3 Å². The maximum absolute atomic E-state index is 10.4. The van der Waals surface area contributed by atoms with Crippen molar-refractivity contribution in [3.63, 3.8) is 0 Å². The minimum atomic E-state index is -1.89. The van der Waals surface area contributed by atoms with Gasteiger partial charge in [0.15, 0.2) is 0 Å². The van der Waals surface area contributed by atoms with Gasteiger partial charge in [0.25, 0.3) is 0 Å². The molecule has 0 aromatic rings. The van der Waals surface area contributed by atoms with Gasteiger partial charge in [0.2, 0.25) is 11.6 Å². The molecular weight excluding hydrogens is 268 g/mol. The normalized spacial score (nSPS) is 24.3. The minimum Gasteiger partial charge on any atom is -0.388 e. The molecule has 20 heavy (non-hydrogen) atoms. The number of hydrogen-bond donors (Lipinski definition) is 3. The Kier molecular flexibility index (Phi) is 7.54. The van der Waals surface area contributed by atoms with Crippen LogP contribution in [0.4, 0.5) is 0 Å². The lowest BCUT2D eigenvalue weighted by molar-refractivity contribution is -0.339. The van der Waals surface area contributed by atoms with Gasteiger partial charge in [0.05, 0.1) is 0 Å². The van der Waals surface area contributed by atoms with Gasteiger partial charge in [-0.2, -0.15) is 0 Å². The largest absolute Gasteiger partial charge is 0.388 e. The summed E-state index contributed by atoms with van der Waals surface area (Å²) < 4.78 is 20.6. The molecule has 0 aromatic heterocycles. The third-order valence-electron chi connectivity index (χ3n) is 3.76. The minimum absolute atomic E-state index is 0.656. The van der Waals surface area contributed by atoms with Crippen LogP contribution in [-0.4, -0.2) is 72.6 Å². The van der Waals surface area contributed by atoms with Crippen molar-refractivity contribution >= 4 is 0 Å². The lowest BCUT2D eigenvalue weighted by Crippen LogP contribution is -2.58. The molecule has 0 fully saturated rings. The first-order valence-electron chi connectivity index (χ1n) is 6.51. The van der Waals surface area contributed by atoms with E-state index in [0.29, 0.717) is 0 Å². The molecular formula is C13H28O7.